The highest BCUT2D eigenvalue weighted by Gasteiger charge is 2.30. The third-order valence-corrected chi connectivity index (χ3v) is 7.11. The van der Waals surface area contributed by atoms with E-state index < -0.39 is 29.7 Å². The summed E-state index contributed by atoms with van der Waals surface area (Å²) in [7, 11) is 4.65. The number of rotatable bonds is 15. The fourth-order valence-electron chi connectivity index (χ4n) is 4.69. The van der Waals surface area contributed by atoms with Crippen LogP contribution in [0.25, 0.3) is 0 Å². The summed E-state index contributed by atoms with van der Waals surface area (Å²) in [5.41, 5.74) is 2.07. The maximum atomic E-state index is 13.4. The largest absolute Gasteiger partial charge is 0.497 e. The first-order chi connectivity index (χ1) is 20.2. The lowest BCUT2D eigenvalue weighted by Gasteiger charge is -2.26. The average molecular weight is 578 g/mol. The molecule has 1 aromatic heterocycles. The Hall–Kier alpha value is -4.40. The van der Waals surface area contributed by atoms with Gasteiger partial charge >= 0.3 is 11.9 Å². The molecule has 0 saturated carbocycles. The molecule has 3 atom stereocenters. The summed E-state index contributed by atoms with van der Waals surface area (Å²) in [6.07, 6.45) is 2.46. The normalized spacial score (nSPS) is 12.9. The van der Waals surface area contributed by atoms with Crippen LogP contribution in [0.5, 0.6) is 23.0 Å². The van der Waals surface area contributed by atoms with Gasteiger partial charge in [0.1, 0.15) is 17.6 Å². The Morgan fingerprint density at radius 2 is 1.55 bits per heavy atom. The van der Waals surface area contributed by atoms with Crippen LogP contribution in [0.1, 0.15) is 55.2 Å². The topological polar surface area (TPSA) is 110 Å². The Kier molecular flexibility index (Phi) is 11.9. The number of Topliss-reactive ketones (excluding diaryl/α,β-unsaturated/α-hetero) is 1. The number of carbonyl (C=O) groups excluding carboxylic acids is 3. The first-order valence-electron chi connectivity index (χ1n) is 13.9. The van der Waals surface area contributed by atoms with E-state index in [-0.39, 0.29) is 29.5 Å². The zero-order chi connectivity index (χ0) is 30.6. The molecule has 0 saturated heterocycles. The minimum absolute atomic E-state index is 0.0571. The monoisotopic (exact) mass is 577 g/mol. The van der Waals surface area contributed by atoms with Gasteiger partial charge in [0, 0.05) is 31.5 Å². The van der Waals surface area contributed by atoms with Gasteiger partial charge in [-0.1, -0.05) is 31.2 Å². The second kappa shape index (κ2) is 15.6. The molecule has 1 heterocycles. The van der Waals surface area contributed by atoms with E-state index in [1.54, 1.807) is 14.2 Å². The van der Waals surface area contributed by atoms with Crippen molar-refractivity contribution in [3.8, 4) is 23.0 Å². The Morgan fingerprint density at radius 1 is 0.857 bits per heavy atom. The number of aromatic nitrogens is 1. The Balaban J connectivity index is 1.78. The number of ether oxygens (including phenoxy) is 5. The SMILES string of the molecule is CC[C@H](CC(=O)c1nccc(OC)c1OC(C)=O)C(=O)O[C@@H](C)C(Cc1ccc(OC)cc1)Cc1cccc(OC)c1. The maximum absolute atomic E-state index is 13.4. The zero-order valence-electron chi connectivity index (χ0n) is 25.0. The van der Waals surface area contributed by atoms with Gasteiger partial charge in [-0.25, -0.2) is 4.98 Å². The van der Waals surface area contributed by atoms with E-state index >= 15 is 0 Å². The van der Waals surface area contributed by atoms with Crippen LogP contribution < -0.4 is 18.9 Å². The molecule has 0 radical (unpaired) electrons. The van der Waals surface area contributed by atoms with Gasteiger partial charge in [0.05, 0.1) is 27.2 Å². The van der Waals surface area contributed by atoms with Crippen molar-refractivity contribution in [1.29, 1.82) is 0 Å². The highest BCUT2D eigenvalue weighted by atomic mass is 16.6. The van der Waals surface area contributed by atoms with E-state index in [0.29, 0.717) is 19.3 Å². The second-order valence-corrected chi connectivity index (χ2v) is 10.0. The van der Waals surface area contributed by atoms with Crippen LogP contribution in [0, 0.1) is 11.8 Å². The number of hydrogen-bond donors (Lipinski definition) is 0. The molecule has 0 fully saturated rings. The van der Waals surface area contributed by atoms with Crippen molar-refractivity contribution < 1.29 is 38.1 Å². The molecule has 0 bridgehead atoms. The van der Waals surface area contributed by atoms with Crippen LogP contribution in [0.3, 0.4) is 0 Å². The molecular formula is C33H39NO8. The van der Waals surface area contributed by atoms with Crippen molar-refractivity contribution >= 4 is 17.7 Å². The quantitative estimate of drug-likeness (QED) is 0.167. The zero-order valence-corrected chi connectivity index (χ0v) is 25.0. The number of pyridine rings is 1. The number of benzene rings is 2. The van der Waals surface area contributed by atoms with Gasteiger partial charge in [0.2, 0.25) is 5.75 Å². The van der Waals surface area contributed by atoms with E-state index in [9.17, 15) is 14.4 Å². The Labute approximate surface area is 247 Å². The van der Waals surface area contributed by atoms with Gasteiger partial charge in [-0.15, -0.1) is 0 Å². The highest BCUT2D eigenvalue weighted by molar-refractivity contribution is 6.00. The molecular weight excluding hydrogens is 538 g/mol. The second-order valence-electron chi connectivity index (χ2n) is 10.0. The van der Waals surface area contributed by atoms with Crippen LogP contribution >= 0.6 is 0 Å². The van der Waals surface area contributed by atoms with Crippen LogP contribution in [-0.2, 0) is 27.2 Å². The number of hydrogen-bond acceptors (Lipinski definition) is 9. The first-order valence-corrected chi connectivity index (χ1v) is 13.9. The summed E-state index contributed by atoms with van der Waals surface area (Å²) in [5, 5.41) is 0. The van der Waals surface area contributed by atoms with Crippen LogP contribution in [0.2, 0.25) is 0 Å². The minimum Gasteiger partial charge on any atom is -0.497 e. The molecule has 3 rings (SSSR count). The Morgan fingerprint density at radius 3 is 2.17 bits per heavy atom. The van der Waals surface area contributed by atoms with E-state index in [2.05, 4.69) is 4.98 Å². The van der Waals surface area contributed by atoms with Crippen molar-refractivity contribution in [2.75, 3.05) is 21.3 Å². The van der Waals surface area contributed by atoms with Gasteiger partial charge in [0.25, 0.3) is 0 Å². The van der Waals surface area contributed by atoms with Crippen molar-refractivity contribution in [2.45, 2.75) is 52.6 Å². The molecule has 9 heteroatoms. The third kappa shape index (κ3) is 8.80. The predicted molar refractivity (Wildman–Crippen MR) is 157 cm³/mol. The first kappa shape index (κ1) is 32.1. The molecule has 224 valence electrons. The average Bonchev–Trinajstić information content (AvgIpc) is 2.99. The van der Waals surface area contributed by atoms with Gasteiger partial charge in [-0.05, 0) is 61.6 Å². The maximum Gasteiger partial charge on any atom is 0.309 e. The number of ketones is 1. The number of nitrogens with zero attached hydrogens (tertiary/aromatic N) is 1. The lowest BCUT2D eigenvalue weighted by atomic mass is 9.88. The number of carbonyl (C=O) groups is 3. The number of methoxy groups -OCH3 is 3. The molecule has 0 amide bonds. The molecule has 42 heavy (non-hydrogen) atoms. The molecule has 0 aliphatic heterocycles. The van der Waals surface area contributed by atoms with E-state index in [4.69, 9.17) is 23.7 Å². The lowest BCUT2D eigenvalue weighted by Crippen LogP contribution is -2.31. The van der Waals surface area contributed by atoms with Crippen molar-refractivity contribution in [3.05, 3.63) is 77.6 Å². The Bertz CT molecular complexity index is 1350. The molecule has 2 aromatic carbocycles. The minimum atomic E-state index is -0.711. The fourth-order valence-corrected chi connectivity index (χ4v) is 4.69. The van der Waals surface area contributed by atoms with Crippen molar-refractivity contribution in [2.24, 2.45) is 11.8 Å². The van der Waals surface area contributed by atoms with Crippen molar-refractivity contribution in [1.82, 2.24) is 4.98 Å². The van der Waals surface area contributed by atoms with E-state index in [1.807, 2.05) is 62.4 Å². The van der Waals surface area contributed by atoms with Crippen LogP contribution in [-0.4, -0.2) is 50.1 Å². The predicted octanol–water partition coefficient (Wildman–Crippen LogP) is 5.67. The summed E-state index contributed by atoms with van der Waals surface area (Å²) >= 11 is 0. The van der Waals surface area contributed by atoms with Gasteiger partial charge in [-0.3, -0.25) is 14.4 Å². The number of esters is 2. The summed E-state index contributed by atoms with van der Waals surface area (Å²) in [6.45, 7) is 4.92. The molecule has 0 N–H and O–H groups in total. The van der Waals surface area contributed by atoms with Crippen LogP contribution in [0.15, 0.2) is 60.8 Å². The summed E-state index contributed by atoms with van der Waals surface area (Å²) in [5.74, 6) is -0.652. The van der Waals surface area contributed by atoms with E-state index in [1.165, 1.54) is 26.3 Å². The molecule has 0 aliphatic carbocycles. The summed E-state index contributed by atoms with van der Waals surface area (Å²) < 4.78 is 27.2. The summed E-state index contributed by atoms with van der Waals surface area (Å²) in [4.78, 5) is 42.4. The standard InChI is InChI=1S/C33H39NO8/c1-7-25(20-29(36)31-32(42-22(3)35)30(40-6)15-16-34-31)33(37)41-21(2)26(17-23-11-13-27(38-4)14-12-23)18-24-9-8-10-28(19-24)39-5/h8-16,19,21,25-26H,7,17-18,20H2,1-6H3/t21-,25+,26?/m0/s1. The van der Waals surface area contributed by atoms with Crippen molar-refractivity contribution in [3.63, 3.8) is 0 Å². The molecule has 1 unspecified atom stereocenters. The lowest BCUT2D eigenvalue weighted by molar-refractivity contribution is -0.156. The smallest absolute Gasteiger partial charge is 0.309 e. The highest BCUT2D eigenvalue weighted by Crippen LogP contribution is 2.32. The third-order valence-electron chi connectivity index (χ3n) is 7.11. The molecule has 0 aliphatic rings. The van der Waals surface area contributed by atoms with Crippen LogP contribution in [0.4, 0.5) is 0 Å². The molecule has 0 spiro atoms. The van der Waals surface area contributed by atoms with Gasteiger partial charge < -0.3 is 23.7 Å². The summed E-state index contributed by atoms with van der Waals surface area (Å²) in [6, 6.07) is 17.1. The van der Waals surface area contributed by atoms with Gasteiger partial charge in [-0.2, -0.15) is 0 Å². The molecule has 9 nitrogen and oxygen atoms in total. The van der Waals surface area contributed by atoms with Gasteiger partial charge in [0.15, 0.2) is 17.2 Å². The fraction of sp³-hybridized carbons (Fsp3) is 0.394. The van der Waals surface area contributed by atoms with E-state index in [0.717, 1.165) is 22.6 Å². The molecule has 3 aromatic rings.